The minimum Gasteiger partial charge on any atom is -0.358 e. The average molecular weight is 389 g/mol. The fourth-order valence-corrected chi connectivity index (χ4v) is 3.30. The van der Waals surface area contributed by atoms with Crippen molar-refractivity contribution in [3.63, 3.8) is 0 Å². The van der Waals surface area contributed by atoms with Crippen LogP contribution in [0.3, 0.4) is 0 Å². The molecule has 3 nitrogen and oxygen atoms in total. The summed E-state index contributed by atoms with van der Waals surface area (Å²) in [6.45, 7) is 7.85. The van der Waals surface area contributed by atoms with E-state index in [4.69, 9.17) is 12.2 Å². The molecule has 0 aliphatic heterocycles. The molecule has 0 aromatic heterocycles. The highest BCUT2D eigenvalue weighted by molar-refractivity contribution is 9.10. The molecule has 0 saturated heterocycles. The summed E-state index contributed by atoms with van der Waals surface area (Å²) in [5.74, 6) is 0.362. The first-order valence-electron chi connectivity index (χ1n) is 6.94. The van der Waals surface area contributed by atoms with Crippen molar-refractivity contribution >= 4 is 50.1 Å². The number of thiocarbonyl (C=S) groups is 1. The maximum atomic E-state index is 12.0. The van der Waals surface area contributed by atoms with Crippen LogP contribution in [0, 0.1) is 0 Å². The van der Waals surface area contributed by atoms with Crippen LogP contribution < -0.4 is 5.32 Å². The van der Waals surface area contributed by atoms with Crippen molar-refractivity contribution in [2.24, 2.45) is 0 Å². The highest BCUT2D eigenvalue weighted by Gasteiger charge is 2.12. The lowest BCUT2D eigenvalue weighted by Gasteiger charge is -2.21. The zero-order chi connectivity index (χ0) is 15.8. The molecule has 0 aliphatic rings. The molecular weight excluding hydrogens is 368 g/mol. The predicted molar refractivity (Wildman–Crippen MR) is 98.7 cm³/mol. The number of nitrogens with one attached hydrogen (secondary N) is 1. The van der Waals surface area contributed by atoms with Gasteiger partial charge in [-0.05, 0) is 38.5 Å². The number of carbonyl (C=O) groups is 1. The lowest BCUT2D eigenvalue weighted by atomic mass is 10.1. The predicted octanol–water partition coefficient (Wildman–Crippen LogP) is 3.99. The first-order chi connectivity index (χ1) is 9.97. The third-order valence-corrected chi connectivity index (χ3v) is 5.15. The Hall–Kier alpha value is -0.590. The molecule has 6 heteroatoms. The molecule has 0 radical (unpaired) electrons. The normalized spacial score (nSPS) is 11.8. The summed E-state index contributed by atoms with van der Waals surface area (Å²) in [4.78, 5) is 14.1. The van der Waals surface area contributed by atoms with Crippen LogP contribution in [0.5, 0.6) is 0 Å². The highest BCUT2D eigenvalue weighted by Crippen LogP contribution is 2.17. The minimum absolute atomic E-state index is 0.00456. The largest absolute Gasteiger partial charge is 0.358 e. The first kappa shape index (κ1) is 18.5. The van der Waals surface area contributed by atoms with Gasteiger partial charge in [0.25, 0.3) is 0 Å². The van der Waals surface area contributed by atoms with Crippen LogP contribution in [-0.2, 0) is 4.79 Å². The zero-order valence-electron chi connectivity index (χ0n) is 12.6. The lowest BCUT2D eigenvalue weighted by Crippen LogP contribution is -2.31. The molecule has 1 N–H and O–H groups in total. The third-order valence-electron chi connectivity index (χ3n) is 3.10. The van der Waals surface area contributed by atoms with Crippen LogP contribution >= 0.6 is 39.9 Å². The standard InChI is InChI=1S/C15H21BrN2OS2/c1-4-18(5-2)15(20)21-10-14(19)17-11(3)12-6-8-13(16)9-7-12/h6-9,11H,4-5,10H2,1-3H3,(H,17,19)/t11-/m0/s1. The number of hydrogen-bond donors (Lipinski definition) is 1. The van der Waals surface area contributed by atoms with E-state index in [-0.39, 0.29) is 11.9 Å². The van der Waals surface area contributed by atoms with Crippen molar-refractivity contribution in [3.8, 4) is 0 Å². The molecule has 116 valence electrons. The number of hydrogen-bond acceptors (Lipinski definition) is 3. The molecule has 0 heterocycles. The van der Waals surface area contributed by atoms with E-state index in [9.17, 15) is 4.79 Å². The number of thioether (sulfide) groups is 1. The zero-order valence-corrected chi connectivity index (χ0v) is 15.8. The van der Waals surface area contributed by atoms with E-state index in [0.717, 1.165) is 27.4 Å². The number of nitrogens with zero attached hydrogens (tertiary/aromatic N) is 1. The second kappa shape index (κ2) is 9.43. The Labute approximate surface area is 145 Å². The number of halogens is 1. The van der Waals surface area contributed by atoms with Crippen LogP contribution in [0.25, 0.3) is 0 Å². The summed E-state index contributed by atoms with van der Waals surface area (Å²) in [5.41, 5.74) is 1.09. The molecule has 0 spiro atoms. The number of rotatable bonds is 6. The average Bonchev–Trinajstić information content (AvgIpc) is 2.47. The van der Waals surface area contributed by atoms with Crippen molar-refractivity contribution < 1.29 is 4.79 Å². The van der Waals surface area contributed by atoms with E-state index in [2.05, 4.69) is 40.0 Å². The van der Waals surface area contributed by atoms with E-state index in [0.29, 0.717) is 5.75 Å². The summed E-state index contributed by atoms with van der Waals surface area (Å²) < 4.78 is 1.82. The van der Waals surface area contributed by atoms with Gasteiger partial charge in [0.15, 0.2) is 0 Å². The molecule has 0 saturated carbocycles. The van der Waals surface area contributed by atoms with E-state index in [1.165, 1.54) is 11.8 Å². The molecule has 0 bridgehead atoms. The first-order valence-corrected chi connectivity index (χ1v) is 9.13. The van der Waals surface area contributed by atoms with Gasteiger partial charge < -0.3 is 10.2 Å². The van der Waals surface area contributed by atoms with Crippen LogP contribution in [0.2, 0.25) is 0 Å². The summed E-state index contributed by atoms with van der Waals surface area (Å²) in [7, 11) is 0. The Bertz CT molecular complexity index is 475. The van der Waals surface area contributed by atoms with Gasteiger partial charge in [-0.2, -0.15) is 0 Å². The fraction of sp³-hybridized carbons (Fsp3) is 0.467. The van der Waals surface area contributed by atoms with Crippen molar-refractivity contribution in [1.82, 2.24) is 10.2 Å². The van der Waals surface area contributed by atoms with Gasteiger partial charge in [0.2, 0.25) is 5.91 Å². The van der Waals surface area contributed by atoms with E-state index in [1.807, 2.05) is 31.2 Å². The van der Waals surface area contributed by atoms with E-state index in [1.54, 1.807) is 0 Å². The summed E-state index contributed by atoms with van der Waals surface area (Å²) >= 11 is 10.1. The maximum absolute atomic E-state index is 12.0. The molecule has 1 aromatic rings. The second-order valence-corrected chi connectivity index (χ2v) is 7.09. The van der Waals surface area contributed by atoms with Gasteiger partial charge in [-0.15, -0.1) is 0 Å². The molecule has 0 fully saturated rings. The van der Waals surface area contributed by atoms with Gasteiger partial charge in [-0.25, -0.2) is 0 Å². The Kier molecular flexibility index (Phi) is 8.29. The SMILES string of the molecule is CCN(CC)C(=S)SCC(=O)N[C@@H](C)c1ccc(Br)cc1. The molecule has 1 atom stereocenters. The molecule has 0 aliphatic carbocycles. The number of benzene rings is 1. The third kappa shape index (κ3) is 6.36. The van der Waals surface area contributed by atoms with Gasteiger partial charge in [0, 0.05) is 17.6 Å². The van der Waals surface area contributed by atoms with Gasteiger partial charge in [0.1, 0.15) is 4.32 Å². The quantitative estimate of drug-likeness (QED) is 0.746. The topological polar surface area (TPSA) is 32.3 Å². The van der Waals surface area contributed by atoms with Gasteiger partial charge in [0.05, 0.1) is 11.8 Å². The minimum atomic E-state index is -0.00627. The van der Waals surface area contributed by atoms with Crippen molar-refractivity contribution in [2.45, 2.75) is 26.8 Å². The van der Waals surface area contributed by atoms with Gasteiger partial charge in [-0.1, -0.05) is 52.0 Å². The van der Waals surface area contributed by atoms with Crippen molar-refractivity contribution in [3.05, 3.63) is 34.3 Å². The Balaban J connectivity index is 2.43. The highest BCUT2D eigenvalue weighted by atomic mass is 79.9. The van der Waals surface area contributed by atoms with Crippen molar-refractivity contribution in [2.75, 3.05) is 18.8 Å². The Morgan fingerprint density at radius 2 is 1.90 bits per heavy atom. The van der Waals surface area contributed by atoms with E-state index >= 15 is 0 Å². The van der Waals surface area contributed by atoms with Gasteiger partial charge >= 0.3 is 0 Å². The number of carbonyl (C=O) groups excluding carboxylic acids is 1. The summed E-state index contributed by atoms with van der Waals surface area (Å²) in [5, 5.41) is 2.99. The number of amides is 1. The monoisotopic (exact) mass is 388 g/mol. The molecule has 1 aromatic carbocycles. The Morgan fingerprint density at radius 1 is 1.33 bits per heavy atom. The van der Waals surface area contributed by atoms with Crippen LogP contribution in [-0.4, -0.2) is 34.0 Å². The Morgan fingerprint density at radius 3 is 2.43 bits per heavy atom. The van der Waals surface area contributed by atoms with Crippen LogP contribution in [0.1, 0.15) is 32.4 Å². The fourth-order valence-electron chi connectivity index (χ4n) is 1.82. The second-order valence-electron chi connectivity index (χ2n) is 4.57. The van der Waals surface area contributed by atoms with E-state index < -0.39 is 0 Å². The van der Waals surface area contributed by atoms with Crippen molar-refractivity contribution in [1.29, 1.82) is 0 Å². The van der Waals surface area contributed by atoms with Gasteiger partial charge in [-0.3, -0.25) is 4.79 Å². The maximum Gasteiger partial charge on any atom is 0.230 e. The summed E-state index contributed by atoms with van der Waals surface area (Å²) in [6.07, 6.45) is 0. The molecule has 21 heavy (non-hydrogen) atoms. The lowest BCUT2D eigenvalue weighted by molar-refractivity contribution is -0.119. The van der Waals surface area contributed by atoms with Crippen LogP contribution in [0.4, 0.5) is 0 Å². The molecular formula is C15H21BrN2OS2. The summed E-state index contributed by atoms with van der Waals surface area (Å²) in [6, 6.07) is 7.95. The van der Waals surface area contributed by atoms with Crippen LogP contribution in [0.15, 0.2) is 28.7 Å². The molecule has 1 amide bonds. The smallest absolute Gasteiger partial charge is 0.230 e. The molecule has 1 rings (SSSR count). The molecule has 0 unspecified atom stereocenters.